The zero-order valence-electron chi connectivity index (χ0n) is 9.03. The number of methoxy groups -OCH3 is 1. The smallest absolute Gasteiger partial charge is 0.123 e. The molecule has 3 nitrogen and oxygen atoms in total. The van der Waals surface area contributed by atoms with E-state index in [1.165, 1.54) is 12.8 Å². The molecule has 1 fully saturated rings. The van der Waals surface area contributed by atoms with Crippen LogP contribution in [0, 0.1) is 0 Å². The van der Waals surface area contributed by atoms with Crippen molar-refractivity contribution in [1.82, 2.24) is 5.32 Å². The van der Waals surface area contributed by atoms with Crippen LogP contribution in [0.2, 0.25) is 0 Å². The Morgan fingerprint density at radius 1 is 1.33 bits per heavy atom. The van der Waals surface area contributed by atoms with E-state index in [1.807, 2.05) is 24.3 Å². The van der Waals surface area contributed by atoms with Crippen LogP contribution < -0.4 is 14.8 Å². The van der Waals surface area contributed by atoms with Gasteiger partial charge in [-0.15, -0.1) is 0 Å². The minimum atomic E-state index is 0.712. The quantitative estimate of drug-likeness (QED) is 0.722. The molecule has 1 N–H and O–H groups in total. The van der Waals surface area contributed by atoms with E-state index in [9.17, 15) is 0 Å². The molecular weight excluding hydrogens is 190 g/mol. The maximum atomic E-state index is 5.58. The molecule has 82 valence electrons. The second kappa shape index (κ2) is 5.03. The average Bonchev–Trinajstić information content (AvgIpc) is 3.09. The van der Waals surface area contributed by atoms with Crippen LogP contribution in [0.25, 0.3) is 0 Å². The number of hydrogen-bond donors (Lipinski definition) is 1. The summed E-state index contributed by atoms with van der Waals surface area (Å²) in [5, 5.41) is 3.40. The van der Waals surface area contributed by atoms with E-state index in [0.717, 1.165) is 24.1 Å². The molecule has 0 saturated heterocycles. The standard InChI is InChI=1S/C12H17NO2/c1-14-11-3-2-4-12(9-11)15-8-7-13-10-5-6-10/h2-4,9-10,13H,5-8H2,1H3. The Morgan fingerprint density at radius 2 is 2.13 bits per heavy atom. The topological polar surface area (TPSA) is 30.5 Å². The van der Waals surface area contributed by atoms with Gasteiger partial charge in [0.25, 0.3) is 0 Å². The lowest BCUT2D eigenvalue weighted by molar-refractivity contribution is 0.311. The molecule has 0 radical (unpaired) electrons. The highest BCUT2D eigenvalue weighted by molar-refractivity contribution is 5.32. The predicted octanol–water partition coefficient (Wildman–Crippen LogP) is 1.83. The minimum Gasteiger partial charge on any atom is -0.497 e. The molecular formula is C12H17NO2. The molecule has 1 aliphatic carbocycles. The first-order chi connectivity index (χ1) is 7.38. The first-order valence-electron chi connectivity index (χ1n) is 5.39. The van der Waals surface area contributed by atoms with Crippen LogP contribution in [-0.2, 0) is 0 Å². The van der Waals surface area contributed by atoms with Crippen molar-refractivity contribution < 1.29 is 9.47 Å². The van der Waals surface area contributed by atoms with Crippen LogP contribution in [0.4, 0.5) is 0 Å². The Hall–Kier alpha value is -1.22. The lowest BCUT2D eigenvalue weighted by atomic mass is 10.3. The first-order valence-corrected chi connectivity index (χ1v) is 5.39. The minimum absolute atomic E-state index is 0.712. The van der Waals surface area contributed by atoms with Gasteiger partial charge in [0.2, 0.25) is 0 Å². The third-order valence-corrected chi connectivity index (χ3v) is 2.42. The van der Waals surface area contributed by atoms with Crippen molar-refractivity contribution in [3.05, 3.63) is 24.3 Å². The maximum absolute atomic E-state index is 5.58. The number of nitrogens with one attached hydrogen (secondary N) is 1. The number of rotatable bonds is 6. The summed E-state index contributed by atoms with van der Waals surface area (Å²) in [5.74, 6) is 1.70. The third kappa shape index (κ3) is 3.44. The molecule has 0 spiro atoms. The summed E-state index contributed by atoms with van der Waals surface area (Å²) >= 11 is 0. The van der Waals surface area contributed by atoms with Crippen LogP contribution in [0.3, 0.4) is 0 Å². The van der Waals surface area contributed by atoms with E-state index in [2.05, 4.69) is 5.32 Å². The normalized spacial score (nSPS) is 15.0. The molecule has 1 aromatic carbocycles. The first kappa shape index (κ1) is 10.3. The van der Waals surface area contributed by atoms with E-state index in [0.29, 0.717) is 6.61 Å². The predicted molar refractivity (Wildman–Crippen MR) is 59.5 cm³/mol. The summed E-state index contributed by atoms with van der Waals surface area (Å²) in [6.45, 7) is 1.63. The summed E-state index contributed by atoms with van der Waals surface area (Å²) < 4.78 is 10.7. The van der Waals surface area contributed by atoms with Gasteiger partial charge in [-0.3, -0.25) is 0 Å². The van der Waals surface area contributed by atoms with Gasteiger partial charge < -0.3 is 14.8 Å². The van der Waals surface area contributed by atoms with Gasteiger partial charge in [0, 0.05) is 18.7 Å². The van der Waals surface area contributed by atoms with Crippen molar-refractivity contribution in [3.8, 4) is 11.5 Å². The molecule has 1 aliphatic rings. The summed E-state index contributed by atoms with van der Waals surface area (Å²) in [6, 6.07) is 8.44. The fourth-order valence-electron chi connectivity index (χ4n) is 1.41. The van der Waals surface area contributed by atoms with Crippen molar-refractivity contribution in [2.24, 2.45) is 0 Å². The fraction of sp³-hybridized carbons (Fsp3) is 0.500. The molecule has 3 heteroatoms. The van der Waals surface area contributed by atoms with Crippen LogP contribution in [0.15, 0.2) is 24.3 Å². The summed E-state index contributed by atoms with van der Waals surface area (Å²) in [7, 11) is 1.66. The Balaban J connectivity index is 1.71. The summed E-state index contributed by atoms with van der Waals surface area (Å²) in [5.41, 5.74) is 0. The van der Waals surface area contributed by atoms with Crippen LogP contribution in [0.1, 0.15) is 12.8 Å². The molecule has 0 aliphatic heterocycles. The Morgan fingerprint density at radius 3 is 2.87 bits per heavy atom. The monoisotopic (exact) mass is 207 g/mol. The maximum Gasteiger partial charge on any atom is 0.123 e. The summed E-state index contributed by atoms with van der Waals surface area (Å²) in [6.07, 6.45) is 2.64. The van der Waals surface area contributed by atoms with Gasteiger partial charge in [-0.1, -0.05) is 6.07 Å². The van der Waals surface area contributed by atoms with Gasteiger partial charge in [-0.05, 0) is 25.0 Å². The Kier molecular flexibility index (Phi) is 3.45. The zero-order valence-corrected chi connectivity index (χ0v) is 9.03. The van der Waals surface area contributed by atoms with E-state index in [1.54, 1.807) is 7.11 Å². The molecule has 0 heterocycles. The van der Waals surface area contributed by atoms with Crippen molar-refractivity contribution in [1.29, 1.82) is 0 Å². The highest BCUT2D eigenvalue weighted by Gasteiger charge is 2.19. The molecule has 2 rings (SSSR count). The molecule has 15 heavy (non-hydrogen) atoms. The van der Waals surface area contributed by atoms with Crippen molar-refractivity contribution in [3.63, 3.8) is 0 Å². The van der Waals surface area contributed by atoms with Gasteiger partial charge in [-0.25, -0.2) is 0 Å². The van der Waals surface area contributed by atoms with Crippen LogP contribution in [-0.4, -0.2) is 26.3 Å². The number of hydrogen-bond acceptors (Lipinski definition) is 3. The highest BCUT2D eigenvalue weighted by atomic mass is 16.5. The van der Waals surface area contributed by atoms with Crippen LogP contribution in [0.5, 0.6) is 11.5 Å². The van der Waals surface area contributed by atoms with E-state index in [-0.39, 0.29) is 0 Å². The Bertz CT molecular complexity index is 310. The van der Waals surface area contributed by atoms with E-state index in [4.69, 9.17) is 9.47 Å². The van der Waals surface area contributed by atoms with E-state index < -0.39 is 0 Å². The summed E-state index contributed by atoms with van der Waals surface area (Å²) in [4.78, 5) is 0. The van der Waals surface area contributed by atoms with Gasteiger partial charge in [0.15, 0.2) is 0 Å². The molecule has 0 bridgehead atoms. The highest BCUT2D eigenvalue weighted by Crippen LogP contribution is 2.19. The molecule has 0 atom stereocenters. The van der Waals surface area contributed by atoms with Gasteiger partial charge in [0.05, 0.1) is 7.11 Å². The van der Waals surface area contributed by atoms with Gasteiger partial charge in [0.1, 0.15) is 18.1 Å². The largest absolute Gasteiger partial charge is 0.497 e. The van der Waals surface area contributed by atoms with Crippen molar-refractivity contribution in [2.45, 2.75) is 18.9 Å². The molecule has 0 unspecified atom stereocenters. The lowest BCUT2D eigenvalue weighted by Gasteiger charge is -2.07. The molecule has 1 saturated carbocycles. The fourth-order valence-corrected chi connectivity index (χ4v) is 1.41. The molecule has 0 aromatic heterocycles. The Labute approximate surface area is 90.4 Å². The van der Waals surface area contributed by atoms with Gasteiger partial charge in [-0.2, -0.15) is 0 Å². The van der Waals surface area contributed by atoms with Crippen LogP contribution >= 0.6 is 0 Å². The molecule has 0 amide bonds. The van der Waals surface area contributed by atoms with Crippen molar-refractivity contribution >= 4 is 0 Å². The zero-order chi connectivity index (χ0) is 10.5. The average molecular weight is 207 g/mol. The molecule has 1 aromatic rings. The number of ether oxygens (including phenoxy) is 2. The lowest BCUT2D eigenvalue weighted by Crippen LogP contribution is -2.22. The third-order valence-electron chi connectivity index (χ3n) is 2.42. The second-order valence-electron chi connectivity index (χ2n) is 3.76. The second-order valence-corrected chi connectivity index (χ2v) is 3.76. The van der Waals surface area contributed by atoms with Gasteiger partial charge >= 0.3 is 0 Å². The SMILES string of the molecule is COc1cccc(OCCNC2CC2)c1. The number of benzene rings is 1. The van der Waals surface area contributed by atoms with E-state index >= 15 is 0 Å². The van der Waals surface area contributed by atoms with Crippen molar-refractivity contribution in [2.75, 3.05) is 20.3 Å².